The summed E-state index contributed by atoms with van der Waals surface area (Å²) in [7, 11) is 0. The predicted molar refractivity (Wildman–Crippen MR) is 101 cm³/mol. The second-order valence-electron chi connectivity index (χ2n) is 7.47. The van der Waals surface area contributed by atoms with E-state index < -0.39 is 6.10 Å². The van der Waals surface area contributed by atoms with Crippen molar-refractivity contribution in [3.8, 4) is 0 Å². The number of aliphatic imine (C=N–C) groups is 1. The van der Waals surface area contributed by atoms with Crippen molar-refractivity contribution in [1.82, 2.24) is 10.6 Å². The first kappa shape index (κ1) is 19.1. The van der Waals surface area contributed by atoms with Crippen molar-refractivity contribution >= 4 is 5.96 Å². The number of nitrogens with one attached hydrogen (secondary N) is 2. The van der Waals surface area contributed by atoms with Crippen LogP contribution >= 0.6 is 0 Å². The summed E-state index contributed by atoms with van der Waals surface area (Å²) in [5.41, 5.74) is 0.577. The van der Waals surface area contributed by atoms with Crippen LogP contribution < -0.4 is 10.6 Å². The fraction of sp³-hybridized carbons (Fsp3) is 0.650. The van der Waals surface area contributed by atoms with Gasteiger partial charge in [0.1, 0.15) is 5.82 Å². The Bertz CT molecular complexity index is 615. The van der Waals surface area contributed by atoms with Gasteiger partial charge in [0, 0.05) is 25.1 Å². The molecule has 6 heteroatoms. The van der Waals surface area contributed by atoms with Gasteiger partial charge in [0.2, 0.25) is 0 Å². The summed E-state index contributed by atoms with van der Waals surface area (Å²) in [6.45, 7) is 4.72. The van der Waals surface area contributed by atoms with Crippen molar-refractivity contribution in [2.24, 2.45) is 10.9 Å². The Balaban J connectivity index is 1.49. The number of aliphatic hydroxyl groups is 1. The highest BCUT2D eigenvalue weighted by molar-refractivity contribution is 5.79. The van der Waals surface area contributed by atoms with Gasteiger partial charge in [-0.15, -0.1) is 0 Å². The summed E-state index contributed by atoms with van der Waals surface area (Å²) >= 11 is 0. The third-order valence-electron chi connectivity index (χ3n) is 5.05. The minimum absolute atomic E-state index is 0.151. The van der Waals surface area contributed by atoms with E-state index in [0.29, 0.717) is 31.6 Å². The molecule has 1 atom stereocenters. The van der Waals surface area contributed by atoms with E-state index in [2.05, 4.69) is 15.6 Å². The molecular weight excluding hydrogens is 333 g/mol. The number of hydrogen-bond donors (Lipinski definition) is 3. The van der Waals surface area contributed by atoms with Crippen molar-refractivity contribution in [2.45, 2.75) is 44.1 Å². The van der Waals surface area contributed by atoms with Crippen molar-refractivity contribution in [3.05, 3.63) is 35.6 Å². The summed E-state index contributed by atoms with van der Waals surface area (Å²) < 4.78 is 19.6. The summed E-state index contributed by atoms with van der Waals surface area (Å²) in [5, 5.41) is 16.4. The number of nitrogens with zero attached hydrogens (tertiary/aromatic N) is 1. The minimum atomic E-state index is -0.570. The van der Waals surface area contributed by atoms with E-state index in [1.807, 2.05) is 19.1 Å². The maximum Gasteiger partial charge on any atom is 0.191 e. The first-order valence-corrected chi connectivity index (χ1v) is 9.66. The third-order valence-corrected chi connectivity index (χ3v) is 5.05. The van der Waals surface area contributed by atoms with Crippen LogP contribution in [0.25, 0.3) is 0 Å². The quantitative estimate of drug-likeness (QED) is 0.440. The van der Waals surface area contributed by atoms with Crippen LogP contribution in [0.5, 0.6) is 0 Å². The van der Waals surface area contributed by atoms with Gasteiger partial charge < -0.3 is 20.5 Å². The topological polar surface area (TPSA) is 65.9 Å². The highest BCUT2D eigenvalue weighted by atomic mass is 19.1. The number of guanidine groups is 1. The van der Waals surface area contributed by atoms with Gasteiger partial charge in [0.15, 0.2) is 5.96 Å². The summed E-state index contributed by atoms with van der Waals surface area (Å²) in [5.74, 6) is 1.19. The molecule has 2 aliphatic carbocycles. The second kappa shape index (κ2) is 8.82. The lowest BCUT2D eigenvalue weighted by Crippen LogP contribution is -2.42. The van der Waals surface area contributed by atoms with Crippen molar-refractivity contribution in [1.29, 1.82) is 0 Å². The van der Waals surface area contributed by atoms with E-state index in [-0.39, 0.29) is 11.2 Å². The smallest absolute Gasteiger partial charge is 0.191 e. The summed E-state index contributed by atoms with van der Waals surface area (Å²) in [4.78, 5) is 4.63. The molecule has 5 nitrogen and oxygen atoms in total. The van der Waals surface area contributed by atoms with Crippen LogP contribution in [-0.4, -0.2) is 50.0 Å². The first-order chi connectivity index (χ1) is 12.6. The SMILES string of the molecule is CCNC(=NCC1(c2ccccc2F)CC1)NCC(O)COCC1CC1. The van der Waals surface area contributed by atoms with Crippen LogP contribution in [0.1, 0.15) is 38.2 Å². The number of benzene rings is 1. The highest BCUT2D eigenvalue weighted by Crippen LogP contribution is 2.49. The molecule has 0 radical (unpaired) electrons. The largest absolute Gasteiger partial charge is 0.389 e. The van der Waals surface area contributed by atoms with Crippen molar-refractivity contribution in [3.63, 3.8) is 0 Å². The molecule has 3 rings (SSSR count). The number of halogens is 1. The zero-order chi connectivity index (χ0) is 18.4. The molecule has 0 aromatic heterocycles. The molecule has 0 spiro atoms. The molecule has 144 valence electrons. The van der Waals surface area contributed by atoms with Gasteiger partial charge in [0.05, 0.1) is 19.3 Å². The Morgan fingerprint density at radius 1 is 1.35 bits per heavy atom. The number of hydrogen-bond acceptors (Lipinski definition) is 3. The van der Waals surface area contributed by atoms with Crippen LogP contribution in [-0.2, 0) is 10.2 Å². The molecule has 0 saturated heterocycles. The van der Waals surface area contributed by atoms with Crippen LogP contribution in [0.4, 0.5) is 4.39 Å². The molecule has 1 unspecified atom stereocenters. The molecule has 2 saturated carbocycles. The van der Waals surface area contributed by atoms with Crippen LogP contribution in [0.2, 0.25) is 0 Å². The Hall–Kier alpha value is -1.66. The van der Waals surface area contributed by atoms with E-state index in [1.165, 1.54) is 18.9 Å². The minimum Gasteiger partial charge on any atom is -0.389 e. The molecular formula is C20H30FN3O2. The number of ether oxygens (including phenoxy) is 1. The lowest BCUT2D eigenvalue weighted by atomic mass is 9.95. The number of aliphatic hydroxyl groups excluding tert-OH is 1. The lowest BCUT2D eigenvalue weighted by Gasteiger charge is -2.18. The second-order valence-corrected chi connectivity index (χ2v) is 7.47. The molecule has 0 aliphatic heterocycles. The molecule has 2 aliphatic rings. The van der Waals surface area contributed by atoms with E-state index in [1.54, 1.807) is 6.07 Å². The molecule has 3 N–H and O–H groups in total. The molecule has 2 fully saturated rings. The van der Waals surface area contributed by atoms with Gasteiger partial charge >= 0.3 is 0 Å². The predicted octanol–water partition coefficient (Wildman–Crippen LogP) is 2.20. The van der Waals surface area contributed by atoms with Gasteiger partial charge in [-0.1, -0.05) is 18.2 Å². The van der Waals surface area contributed by atoms with E-state index >= 15 is 0 Å². The monoisotopic (exact) mass is 363 g/mol. The van der Waals surface area contributed by atoms with E-state index in [0.717, 1.165) is 31.6 Å². The van der Waals surface area contributed by atoms with Crippen molar-refractivity contribution in [2.75, 3.05) is 32.8 Å². The molecule has 0 amide bonds. The summed E-state index contributed by atoms with van der Waals surface area (Å²) in [6.07, 6.45) is 3.83. The van der Waals surface area contributed by atoms with Gasteiger partial charge in [-0.25, -0.2) is 4.39 Å². The summed E-state index contributed by atoms with van der Waals surface area (Å²) in [6, 6.07) is 6.97. The Morgan fingerprint density at radius 2 is 2.12 bits per heavy atom. The third kappa shape index (κ3) is 5.42. The van der Waals surface area contributed by atoms with E-state index in [4.69, 9.17) is 4.74 Å². The Kier molecular flexibility index (Phi) is 6.48. The fourth-order valence-corrected chi connectivity index (χ4v) is 3.06. The van der Waals surface area contributed by atoms with Gasteiger partial charge in [-0.05, 0) is 50.2 Å². The highest BCUT2D eigenvalue weighted by Gasteiger charge is 2.45. The average Bonchev–Trinajstić information content (AvgIpc) is 3.54. The average molecular weight is 363 g/mol. The van der Waals surface area contributed by atoms with Gasteiger partial charge in [-0.3, -0.25) is 4.99 Å². The van der Waals surface area contributed by atoms with E-state index in [9.17, 15) is 9.50 Å². The fourth-order valence-electron chi connectivity index (χ4n) is 3.06. The van der Waals surface area contributed by atoms with Crippen LogP contribution in [0, 0.1) is 11.7 Å². The van der Waals surface area contributed by atoms with Crippen LogP contribution in [0.3, 0.4) is 0 Å². The lowest BCUT2D eigenvalue weighted by molar-refractivity contribution is 0.0345. The Morgan fingerprint density at radius 3 is 2.77 bits per heavy atom. The molecule has 0 heterocycles. The van der Waals surface area contributed by atoms with Gasteiger partial charge in [0.25, 0.3) is 0 Å². The van der Waals surface area contributed by atoms with Gasteiger partial charge in [-0.2, -0.15) is 0 Å². The molecule has 1 aromatic rings. The zero-order valence-electron chi connectivity index (χ0n) is 15.5. The Labute approximate surface area is 155 Å². The standard InChI is InChI=1S/C20H30FN3O2/c1-2-22-19(23-11-16(25)13-26-12-15-7-8-15)24-14-20(9-10-20)17-5-3-4-6-18(17)21/h3-6,15-16,25H,2,7-14H2,1H3,(H2,22,23,24). The normalized spacial score (nSPS) is 19.9. The molecule has 1 aromatic carbocycles. The first-order valence-electron chi connectivity index (χ1n) is 9.66. The molecule has 26 heavy (non-hydrogen) atoms. The van der Waals surface area contributed by atoms with Crippen molar-refractivity contribution < 1.29 is 14.2 Å². The molecule has 0 bridgehead atoms. The van der Waals surface area contributed by atoms with Crippen LogP contribution in [0.15, 0.2) is 29.3 Å². The maximum atomic E-state index is 14.1. The maximum absolute atomic E-state index is 14.1. The zero-order valence-corrected chi connectivity index (χ0v) is 15.5. The number of rotatable bonds is 10.